The molecule has 1 heterocycles. The Morgan fingerprint density at radius 3 is 2.11 bits per heavy atom. The van der Waals surface area contributed by atoms with Crippen LogP contribution in [0.25, 0.3) is 0 Å². The summed E-state index contributed by atoms with van der Waals surface area (Å²) in [7, 11) is 0. The summed E-state index contributed by atoms with van der Waals surface area (Å²) in [6, 6.07) is 0. The van der Waals surface area contributed by atoms with E-state index in [0.29, 0.717) is 0 Å². The summed E-state index contributed by atoms with van der Waals surface area (Å²) < 4.78 is 88.4. The summed E-state index contributed by atoms with van der Waals surface area (Å²) in [5.74, 6) is -4.26. The van der Waals surface area contributed by atoms with Crippen molar-refractivity contribution in [3.63, 3.8) is 0 Å². The number of nitrogens with zero attached hydrogens (tertiary/aromatic N) is 1. The van der Waals surface area contributed by atoms with Crippen LogP contribution in [0.2, 0.25) is 0 Å². The molecule has 100 valence electrons. The maximum Gasteiger partial charge on any atom is 0.573 e. The van der Waals surface area contributed by atoms with E-state index in [0.717, 1.165) is 0 Å². The van der Waals surface area contributed by atoms with Crippen LogP contribution in [0, 0.1) is 5.82 Å². The zero-order valence-corrected chi connectivity index (χ0v) is 8.06. The average molecular weight is 277 g/mol. The van der Waals surface area contributed by atoms with Crippen molar-refractivity contribution in [3.8, 4) is 5.75 Å². The van der Waals surface area contributed by atoms with Gasteiger partial charge in [-0.25, -0.2) is 9.37 Å². The second kappa shape index (κ2) is 4.42. The molecule has 1 rings (SSSR count). The van der Waals surface area contributed by atoms with Crippen molar-refractivity contribution in [1.29, 1.82) is 0 Å². The highest BCUT2D eigenvalue weighted by Gasteiger charge is 2.40. The summed E-state index contributed by atoms with van der Waals surface area (Å²) in [4.78, 5) is 13.0. The number of pyridine rings is 1. The number of ether oxygens (including phenoxy) is 1. The molecule has 3 nitrogen and oxygen atoms in total. The second-order valence-electron chi connectivity index (χ2n) is 2.86. The number of aromatic nitrogens is 1. The molecule has 0 amide bonds. The van der Waals surface area contributed by atoms with Gasteiger partial charge < -0.3 is 4.74 Å². The van der Waals surface area contributed by atoms with Gasteiger partial charge in [-0.15, -0.1) is 13.2 Å². The molecule has 0 N–H and O–H groups in total. The van der Waals surface area contributed by atoms with E-state index in [-0.39, 0.29) is 12.5 Å². The minimum atomic E-state index is -5.45. The molecule has 0 unspecified atom stereocenters. The molecule has 1 aromatic rings. The molecule has 10 heteroatoms. The topological polar surface area (TPSA) is 39.2 Å². The maximum absolute atomic E-state index is 13.2. The first-order valence-corrected chi connectivity index (χ1v) is 4.03. The number of alkyl halides is 6. The van der Waals surface area contributed by atoms with E-state index in [9.17, 15) is 35.5 Å². The Bertz CT molecular complexity index is 466. The van der Waals surface area contributed by atoms with Gasteiger partial charge in [0, 0.05) is 6.20 Å². The molecular formula is C8H2F7NO2. The van der Waals surface area contributed by atoms with Crippen LogP contribution in [-0.4, -0.2) is 17.6 Å². The van der Waals surface area contributed by atoms with Crippen LogP contribution in [0.1, 0.15) is 16.1 Å². The fraction of sp³-hybridized carbons (Fsp3) is 0.250. The molecule has 0 aromatic carbocycles. The van der Waals surface area contributed by atoms with Crippen molar-refractivity contribution in [2.75, 3.05) is 0 Å². The van der Waals surface area contributed by atoms with Crippen LogP contribution in [0.4, 0.5) is 30.7 Å². The van der Waals surface area contributed by atoms with Crippen LogP contribution in [0.3, 0.4) is 0 Å². The van der Waals surface area contributed by atoms with Crippen molar-refractivity contribution in [3.05, 3.63) is 23.3 Å². The largest absolute Gasteiger partial charge is 0.573 e. The molecule has 0 fully saturated rings. The maximum atomic E-state index is 13.2. The Morgan fingerprint density at radius 1 is 1.17 bits per heavy atom. The second-order valence-corrected chi connectivity index (χ2v) is 2.86. The fourth-order valence-electron chi connectivity index (χ4n) is 0.979. The van der Waals surface area contributed by atoms with E-state index >= 15 is 0 Å². The summed E-state index contributed by atoms with van der Waals surface area (Å²) in [6.07, 6.45) is -11.2. The minimum Gasteiger partial charge on any atom is -0.400 e. The predicted molar refractivity (Wildman–Crippen MR) is 41.3 cm³/mol. The molecule has 0 aliphatic carbocycles. The van der Waals surface area contributed by atoms with Gasteiger partial charge >= 0.3 is 12.5 Å². The summed E-state index contributed by atoms with van der Waals surface area (Å²) in [6.45, 7) is 0. The number of hydrogen-bond donors (Lipinski definition) is 0. The standard InChI is InChI=1S/C8H2F7NO2/c9-5-3(7(10,11)12)1-16-4(2-17)6(5)18-8(13,14)15/h1-2H. The van der Waals surface area contributed by atoms with Crippen LogP contribution in [-0.2, 0) is 6.18 Å². The number of hydrogen-bond acceptors (Lipinski definition) is 3. The summed E-state index contributed by atoms with van der Waals surface area (Å²) in [5, 5.41) is 0. The van der Waals surface area contributed by atoms with Gasteiger partial charge in [0.15, 0.2) is 17.9 Å². The van der Waals surface area contributed by atoms with E-state index < -0.39 is 35.4 Å². The van der Waals surface area contributed by atoms with E-state index in [1.165, 1.54) is 0 Å². The number of carbonyl (C=O) groups excluding carboxylic acids is 1. The SMILES string of the molecule is O=Cc1ncc(C(F)(F)F)c(F)c1OC(F)(F)F. The quantitative estimate of drug-likeness (QED) is 0.616. The van der Waals surface area contributed by atoms with E-state index in [2.05, 4.69) is 9.72 Å². The van der Waals surface area contributed by atoms with Gasteiger partial charge in [-0.1, -0.05) is 0 Å². The molecule has 0 aliphatic rings. The molecule has 0 saturated carbocycles. The lowest BCUT2D eigenvalue weighted by molar-refractivity contribution is -0.276. The van der Waals surface area contributed by atoms with Gasteiger partial charge in [0.2, 0.25) is 0 Å². The van der Waals surface area contributed by atoms with Crippen molar-refractivity contribution < 1.29 is 40.3 Å². The van der Waals surface area contributed by atoms with Crippen LogP contribution in [0.15, 0.2) is 6.20 Å². The summed E-state index contributed by atoms with van der Waals surface area (Å²) >= 11 is 0. The molecule has 0 atom stereocenters. The average Bonchev–Trinajstić information content (AvgIpc) is 2.17. The van der Waals surface area contributed by atoms with Crippen LogP contribution in [0.5, 0.6) is 5.75 Å². The Labute approximate surface area is 94.2 Å². The Balaban J connectivity index is 3.41. The zero-order chi connectivity index (χ0) is 14.1. The normalized spacial score (nSPS) is 12.4. The third-order valence-corrected chi connectivity index (χ3v) is 1.64. The molecule has 1 aromatic heterocycles. The fourth-order valence-corrected chi connectivity index (χ4v) is 0.979. The zero-order valence-electron chi connectivity index (χ0n) is 8.06. The lowest BCUT2D eigenvalue weighted by Crippen LogP contribution is -2.21. The van der Waals surface area contributed by atoms with Crippen molar-refractivity contribution in [2.24, 2.45) is 0 Å². The molecule has 0 aliphatic heterocycles. The highest BCUT2D eigenvalue weighted by molar-refractivity contribution is 5.76. The number of rotatable bonds is 2. The smallest absolute Gasteiger partial charge is 0.400 e. The van der Waals surface area contributed by atoms with Gasteiger partial charge in [0.05, 0.1) is 0 Å². The third kappa shape index (κ3) is 3.08. The van der Waals surface area contributed by atoms with Gasteiger partial charge in [-0.05, 0) is 0 Å². The molecule has 0 bridgehead atoms. The molecule has 0 spiro atoms. The Kier molecular flexibility index (Phi) is 3.49. The first kappa shape index (κ1) is 14.2. The lowest BCUT2D eigenvalue weighted by atomic mass is 10.2. The molecule has 0 radical (unpaired) electrons. The number of halogens is 7. The number of aldehydes is 1. The summed E-state index contributed by atoms with van der Waals surface area (Å²) in [5.41, 5.74) is -3.29. The highest BCUT2D eigenvalue weighted by atomic mass is 19.4. The van der Waals surface area contributed by atoms with Crippen LogP contribution < -0.4 is 4.74 Å². The van der Waals surface area contributed by atoms with E-state index in [1.54, 1.807) is 0 Å². The van der Waals surface area contributed by atoms with E-state index in [1.807, 2.05) is 0 Å². The highest BCUT2D eigenvalue weighted by Crippen LogP contribution is 2.36. The Morgan fingerprint density at radius 2 is 1.72 bits per heavy atom. The van der Waals surface area contributed by atoms with Gasteiger partial charge in [0.25, 0.3) is 0 Å². The molecule has 0 saturated heterocycles. The monoisotopic (exact) mass is 277 g/mol. The van der Waals surface area contributed by atoms with E-state index in [4.69, 9.17) is 0 Å². The van der Waals surface area contributed by atoms with Gasteiger partial charge in [-0.3, -0.25) is 4.79 Å². The predicted octanol–water partition coefficient (Wildman–Crippen LogP) is 2.95. The molecular weight excluding hydrogens is 275 g/mol. The van der Waals surface area contributed by atoms with Crippen molar-refractivity contribution in [1.82, 2.24) is 4.98 Å². The third-order valence-electron chi connectivity index (χ3n) is 1.64. The van der Waals surface area contributed by atoms with Crippen molar-refractivity contribution in [2.45, 2.75) is 12.5 Å². The van der Waals surface area contributed by atoms with Gasteiger partial charge in [0.1, 0.15) is 11.3 Å². The Hall–Kier alpha value is -1.87. The first-order valence-electron chi connectivity index (χ1n) is 4.03. The first-order chi connectivity index (χ1) is 8.06. The molecule has 18 heavy (non-hydrogen) atoms. The minimum absolute atomic E-state index is 0.0949. The van der Waals surface area contributed by atoms with Gasteiger partial charge in [-0.2, -0.15) is 13.2 Å². The van der Waals surface area contributed by atoms with Crippen LogP contribution >= 0.6 is 0 Å². The van der Waals surface area contributed by atoms with Crippen molar-refractivity contribution >= 4 is 6.29 Å². The lowest BCUT2D eigenvalue weighted by Gasteiger charge is -2.14. The number of carbonyl (C=O) groups is 1.